The van der Waals surface area contributed by atoms with Crippen LogP contribution in [0.5, 0.6) is 5.75 Å². The Labute approximate surface area is 112 Å². The number of carbonyl (C=O) groups is 1. The summed E-state index contributed by atoms with van der Waals surface area (Å²) in [4.78, 5) is 36.0. The molecule has 1 aromatic heterocycles. The van der Waals surface area contributed by atoms with Gasteiger partial charge in [-0.2, -0.15) is 0 Å². The molecule has 9 nitrogen and oxygen atoms in total. The van der Waals surface area contributed by atoms with Crippen LogP contribution in [0.25, 0.3) is 0 Å². The summed E-state index contributed by atoms with van der Waals surface area (Å²) in [5, 5.41) is 18.6. The van der Waals surface area contributed by atoms with Crippen molar-refractivity contribution >= 4 is 5.97 Å². The van der Waals surface area contributed by atoms with Gasteiger partial charge in [0.2, 0.25) is 5.75 Å². The van der Waals surface area contributed by atoms with Crippen LogP contribution in [-0.2, 0) is 9.53 Å². The lowest BCUT2D eigenvalue weighted by molar-refractivity contribution is -0.132. The fraction of sp³-hybridized carbons (Fsp3) is 0.545. The molecule has 0 amide bonds. The third-order valence-electron chi connectivity index (χ3n) is 2.88. The van der Waals surface area contributed by atoms with Gasteiger partial charge in [0.1, 0.15) is 12.3 Å². The Bertz CT molecular complexity index is 620. The molecule has 0 radical (unpaired) electrons. The SMILES string of the molecule is CC(=O)Oc1cn([C@H]2C[C@H](O)[C@@H](CO)O2)c(=O)[nH]c1=O. The second-order valence-electron chi connectivity index (χ2n) is 4.37. The van der Waals surface area contributed by atoms with Crippen LogP contribution >= 0.6 is 0 Å². The van der Waals surface area contributed by atoms with E-state index in [1.165, 1.54) is 0 Å². The van der Waals surface area contributed by atoms with Crippen molar-refractivity contribution in [2.45, 2.75) is 31.8 Å². The zero-order valence-electron chi connectivity index (χ0n) is 10.6. The largest absolute Gasteiger partial charge is 0.419 e. The first-order valence-corrected chi connectivity index (χ1v) is 5.90. The molecule has 0 saturated carbocycles. The number of esters is 1. The van der Waals surface area contributed by atoms with E-state index < -0.39 is 42.3 Å². The van der Waals surface area contributed by atoms with E-state index >= 15 is 0 Å². The molecular formula is C11H14N2O7. The first-order valence-electron chi connectivity index (χ1n) is 5.90. The van der Waals surface area contributed by atoms with Gasteiger partial charge in [-0.3, -0.25) is 19.1 Å². The Morgan fingerprint density at radius 2 is 2.30 bits per heavy atom. The van der Waals surface area contributed by atoms with Crippen molar-refractivity contribution in [3.8, 4) is 5.75 Å². The van der Waals surface area contributed by atoms with Crippen LogP contribution in [0.3, 0.4) is 0 Å². The lowest BCUT2D eigenvalue weighted by atomic mass is 10.2. The summed E-state index contributed by atoms with van der Waals surface area (Å²) >= 11 is 0. The maximum Gasteiger partial charge on any atom is 0.330 e. The highest BCUT2D eigenvalue weighted by molar-refractivity contribution is 5.68. The van der Waals surface area contributed by atoms with E-state index in [2.05, 4.69) is 4.74 Å². The Balaban J connectivity index is 2.35. The molecule has 1 aromatic rings. The normalized spacial score (nSPS) is 25.6. The monoisotopic (exact) mass is 286 g/mol. The number of hydrogen-bond acceptors (Lipinski definition) is 7. The number of aliphatic hydroxyl groups excluding tert-OH is 2. The van der Waals surface area contributed by atoms with E-state index in [0.717, 1.165) is 17.7 Å². The maximum atomic E-state index is 11.7. The number of ether oxygens (including phenoxy) is 2. The molecule has 2 rings (SSSR count). The number of carbonyl (C=O) groups excluding carboxylic acids is 1. The number of nitrogens with zero attached hydrogens (tertiary/aromatic N) is 1. The molecule has 0 unspecified atom stereocenters. The Morgan fingerprint density at radius 1 is 1.60 bits per heavy atom. The number of aromatic amines is 1. The zero-order chi connectivity index (χ0) is 14.9. The molecular weight excluding hydrogens is 272 g/mol. The summed E-state index contributed by atoms with van der Waals surface area (Å²) in [6.07, 6.45) is -1.49. The summed E-state index contributed by atoms with van der Waals surface area (Å²) in [5.74, 6) is -1.05. The van der Waals surface area contributed by atoms with Gasteiger partial charge < -0.3 is 19.7 Å². The van der Waals surface area contributed by atoms with Gasteiger partial charge in [-0.1, -0.05) is 0 Å². The lowest BCUT2D eigenvalue weighted by Gasteiger charge is -2.14. The van der Waals surface area contributed by atoms with Crippen molar-refractivity contribution in [3.63, 3.8) is 0 Å². The van der Waals surface area contributed by atoms with Crippen LogP contribution < -0.4 is 16.0 Å². The maximum absolute atomic E-state index is 11.7. The first kappa shape index (κ1) is 14.4. The number of rotatable bonds is 3. The van der Waals surface area contributed by atoms with E-state index in [9.17, 15) is 19.5 Å². The molecule has 110 valence electrons. The summed E-state index contributed by atoms with van der Waals surface area (Å²) < 4.78 is 11.0. The van der Waals surface area contributed by atoms with Crippen molar-refractivity contribution in [2.75, 3.05) is 6.61 Å². The lowest BCUT2D eigenvalue weighted by Crippen LogP contribution is -2.33. The quantitative estimate of drug-likeness (QED) is 0.553. The van der Waals surface area contributed by atoms with Crippen molar-refractivity contribution in [1.29, 1.82) is 0 Å². The highest BCUT2D eigenvalue weighted by Gasteiger charge is 2.35. The van der Waals surface area contributed by atoms with Crippen LogP contribution in [0.2, 0.25) is 0 Å². The van der Waals surface area contributed by atoms with Gasteiger partial charge in [-0.15, -0.1) is 0 Å². The van der Waals surface area contributed by atoms with E-state index in [-0.39, 0.29) is 12.2 Å². The summed E-state index contributed by atoms with van der Waals surface area (Å²) in [6.45, 7) is 0.721. The summed E-state index contributed by atoms with van der Waals surface area (Å²) in [6, 6.07) is 0. The van der Waals surface area contributed by atoms with Crippen molar-refractivity contribution in [3.05, 3.63) is 27.0 Å². The molecule has 0 aromatic carbocycles. The Hall–Kier alpha value is -1.97. The highest BCUT2D eigenvalue weighted by Crippen LogP contribution is 2.27. The van der Waals surface area contributed by atoms with Gasteiger partial charge in [-0.25, -0.2) is 4.79 Å². The van der Waals surface area contributed by atoms with Gasteiger partial charge in [0.25, 0.3) is 5.56 Å². The van der Waals surface area contributed by atoms with Gasteiger partial charge in [-0.05, 0) is 0 Å². The predicted molar refractivity (Wildman–Crippen MR) is 64.3 cm³/mol. The molecule has 3 N–H and O–H groups in total. The molecule has 2 heterocycles. The zero-order valence-corrected chi connectivity index (χ0v) is 10.6. The van der Waals surface area contributed by atoms with Crippen molar-refractivity contribution in [2.24, 2.45) is 0 Å². The summed E-state index contributed by atoms with van der Waals surface area (Å²) in [5.41, 5.74) is -1.60. The van der Waals surface area contributed by atoms with Crippen LogP contribution in [0, 0.1) is 0 Å². The molecule has 3 atom stereocenters. The number of nitrogens with one attached hydrogen (secondary N) is 1. The molecule has 20 heavy (non-hydrogen) atoms. The van der Waals surface area contributed by atoms with Gasteiger partial charge >= 0.3 is 11.7 Å². The minimum Gasteiger partial charge on any atom is -0.419 e. The topological polar surface area (TPSA) is 131 Å². The molecule has 0 spiro atoms. The predicted octanol–water partition coefficient (Wildman–Crippen LogP) is -1.90. The Morgan fingerprint density at radius 3 is 2.85 bits per heavy atom. The number of aliphatic hydroxyl groups is 2. The number of H-pyrrole nitrogens is 1. The van der Waals surface area contributed by atoms with Gasteiger partial charge in [0, 0.05) is 13.3 Å². The van der Waals surface area contributed by atoms with Gasteiger partial charge in [0.05, 0.1) is 18.9 Å². The second-order valence-corrected chi connectivity index (χ2v) is 4.37. The van der Waals surface area contributed by atoms with Crippen molar-refractivity contribution < 1.29 is 24.5 Å². The van der Waals surface area contributed by atoms with Crippen LogP contribution in [0.15, 0.2) is 15.8 Å². The van der Waals surface area contributed by atoms with Gasteiger partial charge in [0.15, 0.2) is 0 Å². The fourth-order valence-corrected chi connectivity index (χ4v) is 1.96. The third kappa shape index (κ3) is 2.79. The second kappa shape index (κ2) is 5.57. The minimum atomic E-state index is -0.930. The standard InChI is InChI=1S/C11H14N2O7/c1-5(15)19-7-3-13(11(18)12-10(7)17)9-2-6(16)8(4-14)20-9/h3,6,8-9,14,16H,2,4H2,1H3,(H,12,17,18)/t6-,8+,9+/m0/s1. The van der Waals surface area contributed by atoms with E-state index in [1.807, 2.05) is 4.98 Å². The summed E-state index contributed by atoms with van der Waals surface area (Å²) in [7, 11) is 0. The Kier molecular flexibility index (Phi) is 4.02. The average molecular weight is 286 g/mol. The first-order chi connectivity index (χ1) is 9.42. The molecule has 1 aliphatic rings. The number of aromatic nitrogens is 2. The molecule has 0 aliphatic carbocycles. The molecule has 1 saturated heterocycles. The fourth-order valence-electron chi connectivity index (χ4n) is 1.96. The average Bonchev–Trinajstić information content (AvgIpc) is 2.73. The van der Waals surface area contributed by atoms with Crippen LogP contribution in [-0.4, -0.2) is 44.5 Å². The highest BCUT2D eigenvalue weighted by atomic mass is 16.5. The molecule has 1 aliphatic heterocycles. The smallest absolute Gasteiger partial charge is 0.330 e. The molecule has 9 heteroatoms. The number of hydrogen-bond donors (Lipinski definition) is 3. The van der Waals surface area contributed by atoms with Crippen LogP contribution in [0.1, 0.15) is 19.6 Å². The third-order valence-corrected chi connectivity index (χ3v) is 2.88. The van der Waals surface area contributed by atoms with E-state index in [0.29, 0.717) is 0 Å². The molecule has 0 bridgehead atoms. The van der Waals surface area contributed by atoms with E-state index in [1.54, 1.807) is 0 Å². The minimum absolute atomic E-state index is 0.0662. The molecule has 1 fully saturated rings. The van der Waals surface area contributed by atoms with Crippen LogP contribution in [0.4, 0.5) is 0 Å². The van der Waals surface area contributed by atoms with E-state index in [4.69, 9.17) is 9.84 Å². The van der Waals surface area contributed by atoms with Crippen molar-refractivity contribution in [1.82, 2.24) is 9.55 Å².